The van der Waals surface area contributed by atoms with Crippen LogP contribution in [0.1, 0.15) is 24.4 Å². The molecule has 2 heterocycles. The molecule has 1 aromatic rings. The lowest BCUT2D eigenvalue weighted by Crippen LogP contribution is -2.33. The van der Waals surface area contributed by atoms with Crippen LogP contribution in [0.3, 0.4) is 0 Å². The molecule has 0 spiro atoms. The van der Waals surface area contributed by atoms with Crippen LogP contribution in [0.4, 0.5) is 0 Å². The number of nitrogens with one attached hydrogen (secondary N) is 2. The van der Waals surface area contributed by atoms with Crippen molar-refractivity contribution in [1.82, 2.24) is 15.2 Å². The molecule has 3 N–H and O–H groups in total. The van der Waals surface area contributed by atoms with Crippen molar-refractivity contribution < 1.29 is 5.11 Å². The first-order valence-electron chi connectivity index (χ1n) is 5.48. The monoisotopic (exact) mass is 209 g/mol. The van der Waals surface area contributed by atoms with Gasteiger partial charge in [-0.15, -0.1) is 0 Å². The van der Waals surface area contributed by atoms with E-state index in [2.05, 4.69) is 21.3 Å². The lowest BCUT2D eigenvalue weighted by Gasteiger charge is -2.24. The molecule has 4 nitrogen and oxygen atoms in total. The van der Waals surface area contributed by atoms with Crippen LogP contribution in [0.5, 0.6) is 0 Å². The quantitative estimate of drug-likeness (QED) is 0.668. The molecule has 0 fully saturated rings. The van der Waals surface area contributed by atoms with Crippen molar-refractivity contribution in [1.29, 1.82) is 0 Å². The Labute approximate surface area is 90.3 Å². The van der Waals surface area contributed by atoms with Gasteiger partial charge in [0.1, 0.15) is 6.10 Å². The summed E-state index contributed by atoms with van der Waals surface area (Å²) in [6, 6.07) is 4.20. The fraction of sp³-hybridized carbons (Fsp3) is 0.636. The SMILES string of the molecule is CNC(C)C(O)c1ccc2n1CCNC2. The Morgan fingerprint density at radius 2 is 2.33 bits per heavy atom. The van der Waals surface area contributed by atoms with E-state index in [9.17, 15) is 5.11 Å². The number of hydrogen-bond donors (Lipinski definition) is 3. The number of aliphatic hydroxyl groups is 1. The standard InChI is InChI=1S/C11H19N3O/c1-8(12-2)11(15)10-4-3-9-7-13-5-6-14(9)10/h3-4,8,11-13,15H,5-7H2,1-2H3. The third-order valence-electron chi connectivity index (χ3n) is 3.16. The van der Waals surface area contributed by atoms with Gasteiger partial charge in [-0.2, -0.15) is 0 Å². The molecule has 2 rings (SSSR count). The minimum Gasteiger partial charge on any atom is -0.385 e. The summed E-state index contributed by atoms with van der Waals surface area (Å²) in [6.45, 7) is 4.83. The van der Waals surface area contributed by atoms with E-state index in [1.54, 1.807) is 0 Å². The van der Waals surface area contributed by atoms with Crippen LogP contribution in [0.15, 0.2) is 12.1 Å². The summed E-state index contributed by atoms with van der Waals surface area (Å²) in [5.74, 6) is 0. The van der Waals surface area contributed by atoms with Gasteiger partial charge in [-0.3, -0.25) is 0 Å². The highest BCUT2D eigenvalue weighted by Gasteiger charge is 2.21. The van der Waals surface area contributed by atoms with Crippen LogP contribution in [0.25, 0.3) is 0 Å². The van der Waals surface area contributed by atoms with Gasteiger partial charge in [0.2, 0.25) is 0 Å². The number of hydrogen-bond acceptors (Lipinski definition) is 3. The van der Waals surface area contributed by atoms with E-state index >= 15 is 0 Å². The number of aromatic nitrogens is 1. The minimum atomic E-state index is -0.429. The molecule has 84 valence electrons. The number of nitrogens with zero attached hydrogens (tertiary/aromatic N) is 1. The van der Waals surface area contributed by atoms with Gasteiger partial charge in [0, 0.05) is 37.1 Å². The highest BCUT2D eigenvalue weighted by atomic mass is 16.3. The Balaban J connectivity index is 2.24. The second-order valence-electron chi connectivity index (χ2n) is 4.10. The summed E-state index contributed by atoms with van der Waals surface area (Å²) in [6.07, 6.45) is -0.429. The number of rotatable bonds is 3. The minimum absolute atomic E-state index is 0.0823. The molecule has 0 saturated heterocycles. The van der Waals surface area contributed by atoms with Crippen molar-refractivity contribution in [3.05, 3.63) is 23.5 Å². The Kier molecular flexibility index (Phi) is 3.09. The Hall–Kier alpha value is -0.840. The van der Waals surface area contributed by atoms with E-state index in [1.807, 2.05) is 20.0 Å². The largest absolute Gasteiger partial charge is 0.385 e. The molecule has 0 bridgehead atoms. The van der Waals surface area contributed by atoms with E-state index < -0.39 is 6.10 Å². The first-order chi connectivity index (χ1) is 7.24. The summed E-state index contributed by atoms with van der Waals surface area (Å²) in [7, 11) is 1.87. The first-order valence-corrected chi connectivity index (χ1v) is 5.48. The van der Waals surface area contributed by atoms with Crippen LogP contribution in [-0.4, -0.2) is 29.3 Å². The van der Waals surface area contributed by atoms with Crippen LogP contribution in [0.2, 0.25) is 0 Å². The third kappa shape index (κ3) is 1.93. The maximum Gasteiger partial charge on any atom is 0.109 e. The topological polar surface area (TPSA) is 49.2 Å². The zero-order valence-electron chi connectivity index (χ0n) is 9.33. The molecular formula is C11H19N3O. The van der Waals surface area contributed by atoms with Crippen molar-refractivity contribution in [2.45, 2.75) is 32.2 Å². The van der Waals surface area contributed by atoms with Gasteiger partial charge in [-0.25, -0.2) is 0 Å². The molecule has 0 saturated carbocycles. The molecule has 0 radical (unpaired) electrons. The first kappa shape index (κ1) is 10.7. The predicted octanol–water partition coefficient (Wildman–Crippen LogP) is 0.233. The molecule has 15 heavy (non-hydrogen) atoms. The Bertz CT molecular complexity index is 335. The molecule has 4 heteroatoms. The van der Waals surface area contributed by atoms with E-state index in [1.165, 1.54) is 5.69 Å². The summed E-state index contributed by atoms with van der Waals surface area (Å²) in [5.41, 5.74) is 2.28. The summed E-state index contributed by atoms with van der Waals surface area (Å²) in [4.78, 5) is 0. The molecule has 0 aliphatic carbocycles. The van der Waals surface area contributed by atoms with Crippen molar-refractivity contribution in [2.24, 2.45) is 0 Å². The summed E-state index contributed by atoms with van der Waals surface area (Å²) >= 11 is 0. The van der Waals surface area contributed by atoms with Crippen LogP contribution < -0.4 is 10.6 Å². The van der Waals surface area contributed by atoms with Gasteiger partial charge in [0.25, 0.3) is 0 Å². The Morgan fingerprint density at radius 1 is 1.53 bits per heavy atom. The third-order valence-corrected chi connectivity index (χ3v) is 3.16. The fourth-order valence-corrected chi connectivity index (χ4v) is 2.03. The fourth-order valence-electron chi connectivity index (χ4n) is 2.03. The van der Waals surface area contributed by atoms with Gasteiger partial charge in [0.15, 0.2) is 0 Å². The smallest absolute Gasteiger partial charge is 0.109 e. The number of fused-ring (bicyclic) bond motifs is 1. The van der Waals surface area contributed by atoms with Crippen molar-refractivity contribution in [2.75, 3.05) is 13.6 Å². The van der Waals surface area contributed by atoms with Crippen molar-refractivity contribution in [3.63, 3.8) is 0 Å². The lowest BCUT2D eigenvalue weighted by molar-refractivity contribution is 0.130. The van der Waals surface area contributed by atoms with E-state index in [0.29, 0.717) is 0 Å². The van der Waals surface area contributed by atoms with Crippen molar-refractivity contribution in [3.8, 4) is 0 Å². The highest BCUT2D eigenvalue weighted by Crippen LogP contribution is 2.21. The zero-order chi connectivity index (χ0) is 10.8. The number of aliphatic hydroxyl groups excluding tert-OH is 1. The average molecular weight is 209 g/mol. The van der Waals surface area contributed by atoms with E-state index in [4.69, 9.17) is 0 Å². The van der Waals surface area contributed by atoms with Crippen LogP contribution in [-0.2, 0) is 13.1 Å². The highest BCUT2D eigenvalue weighted by molar-refractivity contribution is 5.20. The molecule has 1 aromatic heterocycles. The molecule has 0 aromatic carbocycles. The molecular weight excluding hydrogens is 190 g/mol. The van der Waals surface area contributed by atoms with Gasteiger partial charge < -0.3 is 20.3 Å². The maximum atomic E-state index is 10.1. The van der Waals surface area contributed by atoms with Crippen LogP contribution >= 0.6 is 0 Å². The van der Waals surface area contributed by atoms with Gasteiger partial charge in [-0.05, 0) is 26.1 Å². The predicted molar refractivity (Wildman–Crippen MR) is 59.6 cm³/mol. The van der Waals surface area contributed by atoms with Gasteiger partial charge >= 0.3 is 0 Å². The van der Waals surface area contributed by atoms with Crippen LogP contribution in [0, 0.1) is 0 Å². The molecule has 2 atom stereocenters. The number of likely N-dealkylation sites (N-methyl/N-ethyl adjacent to an activating group) is 1. The normalized spacial score (nSPS) is 19.7. The average Bonchev–Trinajstić information content (AvgIpc) is 2.70. The van der Waals surface area contributed by atoms with Gasteiger partial charge in [-0.1, -0.05) is 0 Å². The lowest BCUT2D eigenvalue weighted by atomic mass is 10.1. The van der Waals surface area contributed by atoms with Gasteiger partial charge in [0.05, 0.1) is 0 Å². The summed E-state index contributed by atoms with van der Waals surface area (Å²) < 4.78 is 2.22. The van der Waals surface area contributed by atoms with E-state index in [-0.39, 0.29) is 6.04 Å². The zero-order valence-corrected chi connectivity index (χ0v) is 9.33. The second kappa shape index (κ2) is 4.35. The molecule has 2 unspecified atom stereocenters. The van der Waals surface area contributed by atoms with E-state index in [0.717, 1.165) is 25.3 Å². The van der Waals surface area contributed by atoms with Crippen molar-refractivity contribution >= 4 is 0 Å². The molecule has 0 amide bonds. The molecule has 1 aliphatic rings. The maximum absolute atomic E-state index is 10.1. The summed E-state index contributed by atoms with van der Waals surface area (Å²) in [5, 5.41) is 16.5. The molecule has 1 aliphatic heterocycles. The second-order valence-corrected chi connectivity index (χ2v) is 4.10. The Morgan fingerprint density at radius 3 is 3.07 bits per heavy atom.